The van der Waals surface area contributed by atoms with Crippen LogP contribution >= 0.6 is 0 Å². The van der Waals surface area contributed by atoms with Gasteiger partial charge in [-0.15, -0.1) is 11.6 Å². The maximum Gasteiger partial charge on any atom is -1.00 e. The van der Waals surface area contributed by atoms with E-state index in [0.29, 0.717) is 5.92 Å². The van der Waals surface area contributed by atoms with Gasteiger partial charge in [-0.25, -0.2) is 11.6 Å². The molecule has 3 aliphatic rings. The van der Waals surface area contributed by atoms with Crippen molar-refractivity contribution < 1.29 is 49.0 Å². The molecular weight excluding hydrogens is 679 g/mol. The molecule has 0 radical (unpaired) electrons. The number of halogens is 2. The van der Waals surface area contributed by atoms with E-state index in [1.807, 2.05) is 0 Å². The van der Waals surface area contributed by atoms with Gasteiger partial charge < -0.3 is 24.8 Å². The molecule has 0 saturated heterocycles. The number of rotatable bonds is 2. The molecule has 46 heavy (non-hydrogen) atoms. The van der Waals surface area contributed by atoms with Gasteiger partial charge in [0.1, 0.15) is 0 Å². The minimum Gasteiger partial charge on any atom is -1.00 e. The van der Waals surface area contributed by atoms with E-state index in [-0.39, 0.29) is 35.6 Å². The molecule has 0 atom stereocenters. The summed E-state index contributed by atoms with van der Waals surface area (Å²) in [7, 11) is 0. The Balaban J connectivity index is 0.000000228. The summed E-state index contributed by atoms with van der Waals surface area (Å²) < 4.78 is 2.19. The van der Waals surface area contributed by atoms with Crippen LogP contribution in [0.3, 0.4) is 0 Å². The van der Waals surface area contributed by atoms with E-state index in [4.69, 9.17) is 0 Å². The van der Waals surface area contributed by atoms with Crippen LogP contribution < -0.4 is 24.8 Å². The van der Waals surface area contributed by atoms with E-state index in [1.54, 1.807) is 0 Å². The Labute approximate surface area is 306 Å². The first-order valence-corrected chi connectivity index (χ1v) is 17.5. The van der Waals surface area contributed by atoms with Crippen molar-refractivity contribution in [2.45, 2.75) is 99.3 Å². The summed E-state index contributed by atoms with van der Waals surface area (Å²) in [5.41, 5.74) is 21.5. The van der Waals surface area contributed by atoms with E-state index in [2.05, 4.69) is 153 Å². The number of hydrogen-bond donors (Lipinski definition) is 0. The molecule has 3 aliphatic carbocycles. The third-order valence-corrected chi connectivity index (χ3v) is 10.4. The van der Waals surface area contributed by atoms with Crippen molar-refractivity contribution in [1.29, 1.82) is 0 Å². The molecule has 240 valence electrons. The Hall–Kier alpha value is -2.18. The molecule has 0 unspecified atom stereocenters. The van der Waals surface area contributed by atoms with Crippen molar-refractivity contribution in [2.75, 3.05) is 0 Å². The van der Waals surface area contributed by atoms with E-state index >= 15 is 0 Å². The average Bonchev–Trinajstić information content (AvgIpc) is 3.62. The number of allylic oxidation sites excluding steroid dienone is 4. The number of hydrogen-bond acceptors (Lipinski definition) is 0. The predicted octanol–water partition coefficient (Wildman–Crippen LogP) is 5.30. The Morgan fingerprint density at radius 3 is 1.83 bits per heavy atom. The largest absolute Gasteiger partial charge is 1.00 e. The standard InChI is InChI=1S/C25H25.C10H15.C8H8.2ClH.Zr/c1-14-12-24(3,4)22-8-16-7-17-9-23-19(15(2)13-25(23,5)6)11-21(17)20(16)10-18(14)22;1-7(2)10-6-8(3)5-9(10)4;1-7-3-5-8(2)6-4-7;;;/h8-12H,7H2,1-6H3;5-7H,1-4H3;1,3-6H,2H3;2*1H;/q2*-1;;;;+2/p-2. The Morgan fingerprint density at radius 2 is 1.33 bits per heavy atom. The fourth-order valence-corrected chi connectivity index (χ4v) is 7.86. The van der Waals surface area contributed by atoms with E-state index < -0.39 is 0 Å². The summed E-state index contributed by atoms with van der Waals surface area (Å²) in [5, 5.41) is 0. The van der Waals surface area contributed by atoms with Gasteiger partial charge in [0, 0.05) is 5.41 Å². The van der Waals surface area contributed by atoms with Gasteiger partial charge in [-0.05, 0) is 58.4 Å². The second-order valence-electron chi connectivity index (χ2n) is 14.6. The van der Waals surface area contributed by atoms with Crippen LogP contribution in [0.25, 0.3) is 22.3 Å². The van der Waals surface area contributed by atoms with Crippen LogP contribution in [0.2, 0.25) is 0 Å². The molecule has 0 amide bonds. The molecule has 3 heteroatoms. The minimum absolute atomic E-state index is 0. The fourth-order valence-electron chi connectivity index (χ4n) is 7.39. The van der Waals surface area contributed by atoms with Gasteiger partial charge in [-0.3, -0.25) is 6.08 Å². The molecule has 0 heterocycles. The van der Waals surface area contributed by atoms with Gasteiger partial charge in [0.25, 0.3) is 0 Å². The zero-order chi connectivity index (χ0) is 32.1. The molecule has 0 fully saturated rings. The summed E-state index contributed by atoms with van der Waals surface area (Å²) in [6.45, 7) is 24.6. The molecular formula is C43H48Cl2Zr-2. The Morgan fingerprint density at radius 1 is 0.761 bits per heavy atom. The predicted molar refractivity (Wildman–Crippen MR) is 189 cm³/mol. The molecule has 0 N–H and O–H groups in total. The van der Waals surface area contributed by atoms with Crippen molar-refractivity contribution in [3.05, 3.63) is 134 Å². The van der Waals surface area contributed by atoms with Crippen LogP contribution in [0.1, 0.15) is 123 Å². The van der Waals surface area contributed by atoms with Crippen molar-refractivity contribution >= 4 is 14.9 Å². The Kier molecular flexibility index (Phi) is 12.1. The summed E-state index contributed by atoms with van der Waals surface area (Å²) in [6, 6.07) is 22.9. The fraction of sp³-hybridized carbons (Fsp3) is 0.349. The van der Waals surface area contributed by atoms with Gasteiger partial charge in [0.05, 0.1) is 0 Å². The minimum atomic E-state index is 0. The third kappa shape index (κ3) is 7.59. The second-order valence-corrected chi connectivity index (χ2v) is 15.3. The van der Waals surface area contributed by atoms with Gasteiger partial charge in [0.15, 0.2) is 0 Å². The molecule has 4 aromatic rings. The number of fused-ring (bicyclic) bond motifs is 5. The van der Waals surface area contributed by atoms with Crippen molar-refractivity contribution in [2.24, 2.45) is 0 Å². The first-order chi connectivity index (χ1) is 20.6. The van der Waals surface area contributed by atoms with Crippen molar-refractivity contribution in [3.63, 3.8) is 0 Å². The molecule has 7 rings (SSSR count). The quantitative estimate of drug-likeness (QED) is 0.217. The maximum atomic E-state index is 3.65. The molecule has 0 saturated carbocycles. The summed E-state index contributed by atoms with van der Waals surface area (Å²) in [4.78, 5) is 0. The molecule has 0 aromatic heterocycles. The normalized spacial score (nSPS) is 15.3. The molecule has 0 spiro atoms. The van der Waals surface area contributed by atoms with Crippen LogP contribution in [0.15, 0.2) is 66.7 Å². The number of aryl methyl sites for hydroxylation is 3. The molecule has 0 nitrogen and oxygen atoms in total. The van der Waals surface area contributed by atoms with Gasteiger partial charge in [0.2, 0.25) is 0 Å². The van der Waals surface area contributed by atoms with Crippen LogP contribution in [0.4, 0.5) is 0 Å². The van der Waals surface area contributed by atoms with E-state index in [0.717, 1.165) is 6.42 Å². The zero-order valence-electron chi connectivity index (χ0n) is 29.5. The molecule has 0 aliphatic heterocycles. The first kappa shape index (κ1) is 38.3. The average molecular weight is 727 g/mol. The zero-order valence-corrected chi connectivity index (χ0v) is 33.4. The third-order valence-electron chi connectivity index (χ3n) is 9.58. The Bertz CT molecular complexity index is 1720. The van der Waals surface area contributed by atoms with Crippen LogP contribution in [-0.2, 0) is 41.5 Å². The van der Waals surface area contributed by atoms with Crippen LogP contribution in [0.5, 0.6) is 0 Å². The van der Waals surface area contributed by atoms with E-state index in [1.165, 1.54) is 108 Å². The molecule has 0 bridgehead atoms. The summed E-state index contributed by atoms with van der Waals surface area (Å²) in [5.74, 6) is 0.675. The van der Waals surface area contributed by atoms with Crippen molar-refractivity contribution in [3.8, 4) is 11.1 Å². The van der Waals surface area contributed by atoms with Crippen LogP contribution in [-0.4, -0.2) is 3.71 Å². The SMILES string of the molecule is CC1=[C-]C(C)(C)c2cc3c(cc21)-c1cc2c(cc1C3)C(C)(C)C=C2C.Cc1cc(C(C)C)c(C)[cH-]1.Cc1ccc([CH]=[Zr+2])cc1.[Cl-].[Cl-]. The van der Waals surface area contributed by atoms with Gasteiger partial charge in [-0.2, -0.15) is 28.3 Å². The molecule has 4 aromatic carbocycles. The van der Waals surface area contributed by atoms with E-state index in [9.17, 15) is 0 Å². The van der Waals surface area contributed by atoms with Gasteiger partial charge in [-0.1, -0.05) is 91.9 Å². The summed E-state index contributed by atoms with van der Waals surface area (Å²) >= 11 is 1.47. The first-order valence-electron chi connectivity index (χ1n) is 16.1. The maximum absolute atomic E-state index is 3.65. The second kappa shape index (κ2) is 14.5. The van der Waals surface area contributed by atoms with Crippen molar-refractivity contribution in [1.82, 2.24) is 0 Å². The summed E-state index contributed by atoms with van der Waals surface area (Å²) in [6.07, 6.45) is 7.13. The monoisotopic (exact) mass is 724 g/mol. The topological polar surface area (TPSA) is 0 Å². The van der Waals surface area contributed by atoms with Crippen LogP contribution in [0, 0.1) is 26.8 Å². The smallest absolute Gasteiger partial charge is 1.00 e. The van der Waals surface area contributed by atoms with Gasteiger partial charge >= 0.3 is 70.3 Å². The number of benzene rings is 3.